The molecule has 0 aliphatic carbocycles. The minimum atomic E-state index is -4.47. The number of sulfonamides is 1. The third-order valence-electron chi connectivity index (χ3n) is 5.09. The van der Waals surface area contributed by atoms with E-state index in [0.717, 1.165) is 29.4 Å². The van der Waals surface area contributed by atoms with Crippen LogP contribution in [-0.2, 0) is 16.6 Å². The summed E-state index contributed by atoms with van der Waals surface area (Å²) in [6.07, 6.45) is 0. The number of hydrogen-bond donors (Lipinski definition) is 3. The Kier molecular flexibility index (Phi) is 8.30. The molecule has 188 valence electrons. The highest BCUT2D eigenvalue weighted by Gasteiger charge is 2.24. The molecular formula is C23H23N5O7S. The lowest BCUT2D eigenvalue weighted by Crippen LogP contribution is -2.20. The molecule has 3 N–H and O–H groups in total. The smallest absolute Gasteiger partial charge is 0.337 e. The second kappa shape index (κ2) is 11.4. The van der Waals surface area contributed by atoms with Crippen molar-refractivity contribution in [3.05, 3.63) is 88.0 Å². The van der Waals surface area contributed by atoms with Crippen molar-refractivity contribution in [3.8, 4) is 0 Å². The first kappa shape index (κ1) is 26.2. The maximum Gasteiger partial charge on any atom is 0.337 e. The SMILES string of the molecule is CN(CCO)c1ccc(CN=Nc2ccc([N+](=O)[O-])cc2S(=O)(=O)Nc2ccccc2C(=O)O)cc1. The zero-order valence-electron chi connectivity index (χ0n) is 19.1. The van der Waals surface area contributed by atoms with Gasteiger partial charge < -0.3 is 15.1 Å². The molecule has 3 aromatic carbocycles. The number of hydrogen-bond acceptors (Lipinski definition) is 9. The number of rotatable bonds is 11. The summed E-state index contributed by atoms with van der Waals surface area (Å²) in [6, 6.07) is 15.8. The number of benzene rings is 3. The number of aromatic carboxylic acids is 1. The summed E-state index contributed by atoms with van der Waals surface area (Å²) in [4.78, 5) is 23.3. The predicted molar refractivity (Wildman–Crippen MR) is 132 cm³/mol. The summed E-state index contributed by atoms with van der Waals surface area (Å²) in [5, 5.41) is 37.6. The number of nitro benzene ring substituents is 1. The summed E-state index contributed by atoms with van der Waals surface area (Å²) in [7, 11) is -2.63. The second-order valence-electron chi connectivity index (χ2n) is 7.58. The molecule has 0 saturated carbocycles. The van der Waals surface area contributed by atoms with Crippen LogP contribution in [0.15, 0.2) is 81.9 Å². The quantitative estimate of drug-likeness (QED) is 0.197. The van der Waals surface area contributed by atoms with Crippen LogP contribution in [0.1, 0.15) is 15.9 Å². The first-order valence-electron chi connectivity index (χ1n) is 10.5. The van der Waals surface area contributed by atoms with Crippen LogP contribution in [-0.4, -0.2) is 49.7 Å². The van der Waals surface area contributed by atoms with Crippen LogP contribution in [0.2, 0.25) is 0 Å². The molecule has 0 amide bonds. The van der Waals surface area contributed by atoms with Crippen LogP contribution >= 0.6 is 0 Å². The Hall–Kier alpha value is -4.36. The maximum absolute atomic E-state index is 13.1. The Morgan fingerprint density at radius 3 is 2.44 bits per heavy atom. The molecule has 0 unspecified atom stereocenters. The van der Waals surface area contributed by atoms with Crippen molar-refractivity contribution in [1.82, 2.24) is 0 Å². The molecule has 0 saturated heterocycles. The molecule has 3 aromatic rings. The number of likely N-dealkylation sites (N-methyl/N-ethyl adjacent to an activating group) is 1. The van der Waals surface area contributed by atoms with E-state index in [4.69, 9.17) is 5.11 Å². The third-order valence-corrected chi connectivity index (χ3v) is 6.48. The van der Waals surface area contributed by atoms with E-state index in [2.05, 4.69) is 15.0 Å². The van der Waals surface area contributed by atoms with Crippen molar-refractivity contribution in [2.24, 2.45) is 10.2 Å². The number of para-hydroxylation sites is 1. The summed E-state index contributed by atoms with van der Waals surface area (Å²) < 4.78 is 28.4. The van der Waals surface area contributed by atoms with E-state index in [-0.39, 0.29) is 30.1 Å². The van der Waals surface area contributed by atoms with Crippen molar-refractivity contribution in [2.45, 2.75) is 11.4 Å². The minimum Gasteiger partial charge on any atom is -0.478 e. The third kappa shape index (κ3) is 6.40. The highest BCUT2D eigenvalue weighted by molar-refractivity contribution is 7.92. The summed E-state index contributed by atoms with van der Waals surface area (Å²) in [5.41, 5.74) is 0.540. The normalized spacial score (nSPS) is 11.4. The Balaban J connectivity index is 1.89. The molecule has 0 spiro atoms. The van der Waals surface area contributed by atoms with Crippen molar-refractivity contribution < 1.29 is 28.3 Å². The van der Waals surface area contributed by atoms with Crippen LogP contribution in [0.5, 0.6) is 0 Å². The molecule has 0 heterocycles. The number of non-ortho nitro benzene ring substituents is 1. The Morgan fingerprint density at radius 1 is 1.11 bits per heavy atom. The van der Waals surface area contributed by atoms with Crippen LogP contribution in [0.25, 0.3) is 0 Å². The van der Waals surface area contributed by atoms with Gasteiger partial charge in [-0.2, -0.15) is 10.2 Å². The van der Waals surface area contributed by atoms with Gasteiger partial charge in [0, 0.05) is 31.4 Å². The van der Waals surface area contributed by atoms with Crippen LogP contribution in [0, 0.1) is 10.1 Å². The van der Waals surface area contributed by atoms with Crippen molar-refractivity contribution in [1.29, 1.82) is 0 Å². The van der Waals surface area contributed by atoms with Crippen LogP contribution in [0.3, 0.4) is 0 Å². The molecular weight excluding hydrogens is 490 g/mol. The van der Waals surface area contributed by atoms with Crippen molar-refractivity contribution in [2.75, 3.05) is 29.8 Å². The van der Waals surface area contributed by atoms with Crippen molar-refractivity contribution in [3.63, 3.8) is 0 Å². The van der Waals surface area contributed by atoms with Gasteiger partial charge in [0.15, 0.2) is 0 Å². The van der Waals surface area contributed by atoms with Gasteiger partial charge in [-0.3, -0.25) is 14.8 Å². The standard InChI is InChI=1S/C23H23N5O7S/c1-27(12-13-29)17-8-6-16(7-9-17)15-24-25-21-11-10-18(28(32)33)14-22(21)36(34,35)26-20-5-3-2-4-19(20)23(30)31/h2-11,14,26,29H,12-13,15H2,1H3,(H,30,31). The molecule has 3 rings (SSSR count). The van der Waals surface area contributed by atoms with Gasteiger partial charge >= 0.3 is 5.97 Å². The first-order chi connectivity index (χ1) is 17.1. The number of nitro groups is 1. The fourth-order valence-electron chi connectivity index (χ4n) is 3.20. The molecule has 0 aliphatic heterocycles. The highest BCUT2D eigenvalue weighted by atomic mass is 32.2. The number of azo groups is 1. The van der Waals surface area contributed by atoms with Gasteiger partial charge in [0.1, 0.15) is 10.6 Å². The van der Waals surface area contributed by atoms with Gasteiger partial charge in [0.05, 0.1) is 29.3 Å². The van der Waals surface area contributed by atoms with Gasteiger partial charge in [-0.1, -0.05) is 24.3 Å². The Morgan fingerprint density at radius 2 is 1.81 bits per heavy atom. The Bertz CT molecular complexity index is 1390. The number of aliphatic hydroxyl groups excluding tert-OH is 1. The monoisotopic (exact) mass is 513 g/mol. The molecule has 0 aromatic heterocycles. The first-order valence-corrected chi connectivity index (χ1v) is 12.0. The number of carbonyl (C=O) groups is 1. The molecule has 0 aliphatic rings. The number of carboxylic acids is 1. The fourth-order valence-corrected chi connectivity index (χ4v) is 4.44. The van der Waals surface area contributed by atoms with E-state index >= 15 is 0 Å². The lowest BCUT2D eigenvalue weighted by molar-refractivity contribution is -0.385. The van der Waals surface area contributed by atoms with Gasteiger partial charge in [0.25, 0.3) is 15.7 Å². The van der Waals surface area contributed by atoms with E-state index < -0.39 is 31.5 Å². The second-order valence-corrected chi connectivity index (χ2v) is 9.23. The molecule has 0 bridgehead atoms. The van der Waals surface area contributed by atoms with E-state index in [1.54, 1.807) is 12.1 Å². The molecule has 12 nitrogen and oxygen atoms in total. The lowest BCUT2D eigenvalue weighted by Gasteiger charge is -2.17. The van der Waals surface area contributed by atoms with Gasteiger partial charge in [-0.25, -0.2) is 13.2 Å². The topological polar surface area (TPSA) is 175 Å². The Labute approximate surface area is 206 Å². The number of nitrogens with one attached hydrogen (secondary N) is 1. The van der Waals surface area contributed by atoms with Crippen molar-refractivity contribution >= 4 is 38.7 Å². The summed E-state index contributed by atoms with van der Waals surface area (Å²) >= 11 is 0. The fraction of sp³-hybridized carbons (Fsp3) is 0.174. The van der Waals surface area contributed by atoms with Gasteiger partial charge in [-0.15, -0.1) is 0 Å². The number of anilines is 2. The number of carboxylic acid groups (broad SMARTS) is 1. The number of nitrogens with zero attached hydrogens (tertiary/aromatic N) is 4. The highest BCUT2D eigenvalue weighted by Crippen LogP contribution is 2.31. The predicted octanol–water partition coefficient (Wildman–Crippen LogP) is 3.81. The van der Waals surface area contributed by atoms with E-state index in [0.29, 0.717) is 6.54 Å². The molecule has 0 radical (unpaired) electrons. The summed E-state index contributed by atoms with van der Waals surface area (Å²) in [6.45, 7) is 0.598. The van der Waals surface area contributed by atoms with Gasteiger partial charge in [-0.05, 0) is 35.9 Å². The van der Waals surface area contributed by atoms with Crippen LogP contribution < -0.4 is 9.62 Å². The van der Waals surface area contributed by atoms with Crippen LogP contribution in [0.4, 0.5) is 22.7 Å². The van der Waals surface area contributed by atoms with Gasteiger partial charge in [0.2, 0.25) is 0 Å². The zero-order chi connectivity index (χ0) is 26.3. The maximum atomic E-state index is 13.1. The zero-order valence-corrected chi connectivity index (χ0v) is 19.9. The summed E-state index contributed by atoms with van der Waals surface area (Å²) in [5.74, 6) is -1.35. The molecule has 36 heavy (non-hydrogen) atoms. The largest absolute Gasteiger partial charge is 0.478 e. The molecule has 13 heteroatoms. The van der Waals surface area contributed by atoms with E-state index in [9.17, 15) is 28.4 Å². The molecule has 0 fully saturated rings. The number of aliphatic hydroxyl groups is 1. The average Bonchev–Trinajstić information content (AvgIpc) is 2.84. The van der Waals surface area contributed by atoms with E-state index in [1.165, 1.54) is 24.3 Å². The molecule has 0 atom stereocenters. The minimum absolute atomic E-state index is 0.0176. The lowest BCUT2D eigenvalue weighted by atomic mass is 10.2. The van der Waals surface area contributed by atoms with E-state index in [1.807, 2.05) is 24.1 Å². The average molecular weight is 514 g/mol.